The lowest BCUT2D eigenvalue weighted by molar-refractivity contribution is -0.103. The molecular weight excluding hydrogens is 244 g/mol. The fraction of sp³-hybridized carbons (Fsp3) is 1.00. The van der Waals surface area contributed by atoms with E-state index in [1.54, 1.807) is 0 Å². The Morgan fingerprint density at radius 1 is 0.900 bits per heavy atom. The Labute approximate surface area is 124 Å². The zero-order valence-corrected chi connectivity index (χ0v) is 13.4. The third kappa shape index (κ3) is 1.77. The van der Waals surface area contributed by atoms with Crippen LogP contribution in [-0.2, 0) is 0 Å². The summed E-state index contributed by atoms with van der Waals surface area (Å²) in [5, 5.41) is 10.2. The van der Waals surface area contributed by atoms with E-state index in [9.17, 15) is 5.11 Å². The number of aliphatic hydroxyl groups is 1. The van der Waals surface area contributed by atoms with Crippen LogP contribution >= 0.6 is 0 Å². The Kier molecular flexibility index (Phi) is 3.05. The Bertz CT molecular complexity index is 391. The van der Waals surface area contributed by atoms with Crippen molar-refractivity contribution in [1.82, 2.24) is 0 Å². The van der Waals surface area contributed by atoms with Crippen LogP contribution in [0.5, 0.6) is 0 Å². The van der Waals surface area contributed by atoms with E-state index in [2.05, 4.69) is 13.8 Å². The number of rotatable bonds is 0. The molecule has 4 aliphatic carbocycles. The molecular formula is C19H32O. The Hall–Kier alpha value is -0.0400. The summed E-state index contributed by atoms with van der Waals surface area (Å²) in [6, 6.07) is 0. The molecule has 1 nitrogen and oxygen atoms in total. The zero-order valence-electron chi connectivity index (χ0n) is 13.4. The first-order chi connectivity index (χ1) is 9.53. The van der Waals surface area contributed by atoms with Crippen LogP contribution in [0.1, 0.15) is 78.1 Å². The zero-order chi connectivity index (χ0) is 14.0. The monoisotopic (exact) mass is 276 g/mol. The van der Waals surface area contributed by atoms with E-state index in [1.165, 1.54) is 51.4 Å². The average Bonchev–Trinajstić information content (AvgIpc) is 2.72. The van der Waals surface area contributed by atoms with Gasteiger partial charge in [-0.05, 0) is 85.9 Å². The van der Waals surface area contributed by atoms with Gasteiger partial charge in [-0.1, -0.05) is 26.7 Å². The summed E-state index contributed by atoms with van der Waals surface area (Å²) in [5.74, 6) is 3.76. The van der Waals surface area contributed by atoms with Crippen LogP contribution in [0.15, 0.2) is 0 Å². The number of hydrogen-bond donors (Lipinski definition) is 1. The molecule has 0 aromatic carbocycles. The quantitative estimate of drug-likeness (QED) is 0.675. The molecule has 0 aromatic rings. The molecule has 0 saturated heterocycles. The SMILES string of the molecule is CC12CCC3C(CC[C@H]4CCCCC34C)C1CC(O)C2. The molecule has 4 fully saturated rings. The molecule has 4 rings (SSSR count). The highest BCUT2D eigenvalue weighted by molar-refractivity contribution is 5.07. The molecule has 1 N–H and O–H groups in total. The second-order valence-electron chi connectivity index (χ2n) is 9.19. The summed E-state index contributed by atoms with van der Waals surface area (Å²) in [6.07, 6.45) is 13.9. The lowest BCUT2D eigenvalue weighted by Crippen LogP contribution is -2.51. The Morgan fingerprint density at radius 2 is 1.75 bits per heavy atom. The van der Waals surface area contributed by atoms with Crippen molar-refractivity contribution in [2.24, 2.45) is 34.5 Å². The fourth-order valence-electron chi connectivity index (χ4n) is 7.32. The van der Waals surface area contributed by atoms with Crippen LogP contribution in [0.25, 0.3) is 0 Å². The fourth-order valence-corrected chi connectivity index (χ4v) is 7.32. The molecule has 0 aliphatic heterocycles. The first kappa shape index (κ1) is 13.6. The second-order valence-corrected chi connectivity index (χ2v) is 9.19. The Balaban J connectivity index is 1.64. The predicted molar refractivity (Wildman–Crippen MR) is 82.4 cm³/mol. The van der Waals surface area contributed by atoms with Crippen LogP contribution in [0, 0.1) is 34.5 Å². The van der Waals surface area contributed by atoms with E-state index in [0.717, 1.165) is 36.5 Å². The van der Waals surface area contributed by atoms with Crippen LogP contribution < -0.4 is 0 Å². The Morgan fingerprint density at radius 3 is 2.60 bits per heavy atom. The van der Waals surface area contributed by atoms with Crippen molar-refractivity contribution in [3.63, 3.8) is 0 Å². The maximum Gasteiger partial charge on any atom is 0.0548 e. The van der Waals surface area contributed by atoms with Crippen LogP contribution in [0.2, 0.25) is 0 Å². The highest BCUT2D eigenvalue weighted by Gasteiger charge is 2.58. The summed E-state index contributed by atoms with van der Waals surface area (Å²) in [6.45, 7) is 5.13. The molecule has 0 spiro atoms. The maximum atomic E-state index is 10.2. The number of hydrogen-bond acceptors (Lipinski definition) is 1. The van der Waals surface area contributed by atoms with Gasteiger partial charge >= 0.3 is 0 Å². The molecule has 0 heterocycles. The molecule has 0 bridgehead atoms. The largest absolute Gasteiger partial charge is 0.393 e. The molecule has 6 unspecified atom stereocenters. The molecule has 4 aliphatic rings. The normalized spacial score (nSPS) is 58.6. The molecule has 0 aromatic heterocycles. The highest BCUT2D eigenvalue weighted by Crippen LogP contribution is 2.66. The van der Waals surface area contributed by atoms with Crippen molar-refractivity contribution < 1.29 is 5.11 Å². The van der Waals surface area contributed by atoms with E-state index in [1.807, 2.05) is 0 Å². The van der Waals surface area contributed by atoms with E-state index in [0.29, 0.717) is 10.8 Å². The van der Waals surface area contributed by atoms with Gasteiger partial charge in [0.1, 0.15) is 0 Å². The first-order valence-electron chi connectivity index (χ1n) is 9.21. The lowest BCUT2D eigenvalue weighted by Gasteiger charge is -2.60. The number of aliphatic hydroxyl groups excluding tert-OH is 1. The maximum absolute atomic E-state index is 10.2. The van der Waals surface area contributed by atoms with Crippen LogP contribution in [0.4, 0.5) is 0 Å². The molecule has 0 amide bonds. The summed E-state index contributed by atoms with van der Waals surface area (Å²) >= 11 is 0. The molecule has 7 atom stereocenters. The number of fused-ring (bicyclic) bond motifs is 5. The molecule has 114 valence electrons. The van der Waals surface area contributed by atoms with E-state index >= 15 is 0 Å². The third-order valence-electron chi connectivity index (χ3n) is 8.33. The summed E-state index contributed by atoms with van der Waals surface area (Å²) in [7, 11) is 0. The van der Waals surface area contributed by atoms with Gasteiger partial charge in [-0.2, -0.15) is 0 Å². The minimum absolute atomic E-state index is 0.000588. The molecule has 0 radical (unpaired) electrons. The van der Waals surface area contributed by atoms with Crippen molar-refractivity contribution in [2.75, 3.05) is 0 Å². The van der Waals surface area contributed by atoms with Gasteiger partial charge in [0.05, 0.1) is 6.10 Å². The first-order valence-corrected chi connectivity index (χ1v) is 9.21. The van der Waals surface area contributed by atoms with Crippen LogP contribution in [-0.4, -0.2) is 11.2 Å². The van der Waals surface area contributed by atoms with Crippen molar-refractivity contribution >= 4 is 0 Å². The lowest BCUT2D eigenvalue weighted by atomic mass is 9.45. The topological polar surface area (TPSA) is 20.2 Å². The van der Waals surface area contributed by atoms with Gasteiger partial charge in [0.15, 0.2) is 0 Å². The van der Waals surface area contributed by atoms with E-state index in [4.69, 9.17) is 0 Å². The van der Waals surface area contributed by atoms with Gasteiger partial charge in [0, 0.05) is 0 Å². The summed E-state index contributed by atoms with van der Waals surface area (Å²) < 4.78 is 0. The van der Waals surface area contributed by atoms with Gasteiger partial charge in [0.25, 0.3) is 0 Å². The van der Waals surface area contributed by atoms with E-state index in [-0.39, 0.29) is 6.10 Å². The highest BCUT2D eigenvalue weighted by atomic mass is 16.3. The molecule has 4 saturated carbocycles. The van der Waals surface area contributed by atoms with Crippen molar-refractivity contribution in [3.8, 4) is 0 Å². The smallest absolute Gasteiger partial charge is 0.0548 e. The molecule has 20 heavy (non-hydrogen) atoms. The van der Waals surface area contributed by atoms with Gasteiger partial charge in [-0.15, -0.1) is 0 Å². The van der Waals surface area contributed by atoms with Gasteiger partial charge in [0.2, 0.25) is 0 Å². The standard InChI is InChI=1S/C19H32O/c1-18-10-8-16-15(17(18)11-14(20)12-18)7-6-13-5-3-4-9-19(13,16)2/h13-17,20H,3-12H2,1-2H3/t13-,14?,15?,16?,17?,18?,19?/m1/s1. The minimum atomic E-state index is 0.000588. The van der Waals surface area contributed by atoms with E-state index < -0.39 is 0 Å². The summed E-state index contributed by atoms with van der Waals surface area (Å²) in [4.78, 5) is 0. The van der Waals surface area contributed by atoms with Gasteiger partial charge < -0.3 is 5.11 Å². The van der Waals surface area contributed by atoms with Crippen molar-refractivity contribution in [2.45, 2.75) is 84.2 Å². The second kappa shape index (κ2) is 4.48. The van der Waals surface area contributed by atoms with Gasteiger partial charge in [-0.3, -0.25) is 0 Å². The minimum Gasteiger partial charge on any atom is -0.393 e. The van der Waals surface area contributed by atoms with Crippen molar-refractivity contribution in [1.29, 1.82) is 0 Å². The van der Waals surface area contributed by atoms with Crippen molar-refractivity contribution in [3.05, 3.63) is 0 Å². The predicted octanol–water partition coefficient (Wildman–Crippen LogP) is 4.78. The average molecular weight is 276 g/mol. The van der Waals surface area contributed by atoms with Gasteiger partial charge in [-0.25, -0.2) is 0 Å². The van der Waals surface area contributed by atoms with Crippen LogP contribution in [0.3, 0.4) is 0 Å². The third-order valence-corrected chi connectivity index (χ3v) is 8.33. The molecule has 1 heteroatoms. The summed E-state index contributed by atoms with van der Waals surface area (Å²) in [5.41, 5.74) is 1.12.